The molecule has 0 aliphatic heterocycles. The monoisotopic (exact) mass is 231 g/mol. The zero-order valence-electron chi connectivity index (χ0n) is 8.54. The highest BCUT2D eigenvalue weighted by Gasteiger charge is 2.30. The van der Waals surface area contributed by atoms with Gasteiger partial charge in [-0.2, -0.15) is 13.2 Å². The Morgan fingerprint density at radius 1 is 1.44 bits per heavy atom. The van der Waals surface area contributed by atoms with Gasteiger partial charge in [0.1, 0.15) is 0 Å². The quantitative estimate of drug-likeness (QED) is 0.808. The summed E-state index contributed by atoms with van der Waals surface area (Å²) in [5.41, 5.74) is -0.568. The van der Waals surface area contributed by atoms with Crippen LogP contribution in [-0.4, -0.2) is 10.1 Å². The molecule has 0 bridgehead atoms. The largest absolute Gasteiger partial charge is 0.417 e. The summed E-state index contributed by atoms with van der Waals surface area (Å²) in [7, 11) is 0. The molecule has 1 unspecified atom stereocenters. The molecule has 0 aliphatic rings. The van der Waals surface area contributed by atoms with Crippen molar-refractivity contribution in [3.05, 3.63) is 42.2 Å². The van der Waals surface area contributed by atoms with Gasteiger partial charge in [-0.05, 0) is 25.0 Å². The van der Waals surface area contributed by atoms with E-state index < -0.39 is 17.8 Å². The number of halogens is 3. The normalized spacial score (nSPS) is 13.5. The second-order valence-electron chi connectivity index (χ2n) is 3.35. The van der Waals surface area contributed by atoms with Crippen LogP contribution in [0.25, 0.3) is 0 Å². The van der Waals surface area contributed by atoms with Crippen LogP contribution < -0.4 is 0 Å². The minimum Gasteiger partial charge on any atom is -0.387 e. The zero-order valence-corrected chi connectivity index (χ0v) is 8.54. The van der Waals surface area contributed by atoms with Crippen molar-refractivity contribution < 1.29 is 18.3 Å². The van der Waals surface area contributed by atoms with Crippen molar-refractivity contribution in [3.63, 3.8) is 0 Å². The maximum absolute atomic E-state index is 12.2. The lowest BCUT2D eigenvalue weighted by Crippen LogP contribution is -2.07. The molecule has 0 amide bonds. The number of pyridine rings is 1. The summed E-state index contributed by atoms with van der Waals surface area (Å²) in [4.78, 5) is 3.59. The van der Waals surface area contributed by atoms with E-state index in [9.17, 15) is 18.3 Å². The number of hydrogen-bond acceptors (Lipinski definition) is 2. The first kappa shape index (κ1) is 12.7. The molecule has 0 saturated heterocycles. The fourth-order valence-electron chi connectivity index (χ4n) is 1.19. The van der Waals surface area contributed by atoms with Crippen LogP contribution in [-0.2, 0) is 6.18 Å². The van der Waals surface area contributed by atoms with Crippen LogP contribution >= 0.6 is 0 Å². The topological polar surface area (TPSA) is 33.1 Å². The summed E-state index contributed by atoms with van der Waals surface area (Å²) >= 11 is 0. The van der Waals surface area contributed by atoms with E-state index in [0.717, 1.165) is 12.3 Å². The number of aliphatic hydroxyl groups excluding tert-OH is 1. The Hall–Kier alpha value is -1.36. The molecule has 0 aromatic carbocycles. The van der Waals surface area contributed by atoms with E-state index in [0.29, 0.717) is 12.8 Å². The van der Waals surface area contributed by atoms with Crippen LogP contribution in [0.4, 0.5) is 13.2 Å². The Bertz CT molecular complexity index is 345. The van der Waals surface area contributed by atoms with Crippen LogP contribution in [0.1, 0.15) is 30.2 Å². The Morgan fingerprint density at radius 2 is 2.12 bits per heavy atom. The van der Waals surface area contributed by atoms with E-state index in [1.807, 2.05) is 0 Å². The lowest BCUT2D eigenvalue weighted by atomic mass is 10.1. The van der Waals surface area contributed by atoms with E-state index in [2.05, 4.69) is 11.6 Å². The van der Waals surface area contributed by atoms with Gasteiger partial charge >= 0.3 is 6.18 Å². The maximum Gasteiger partial charge on any atom is 0.417 e. The Balaban J connectivity index is 2.74. The van der Waals surface area contributed by atoms with Crippen molar-refractivity contribution in [3.8, 4) is 0 Å². The molecular weight excluding hydrogens is 219 g/mol. The third-order valence-corrected chi connectivity index (χ3v) is 2.10. The lowest BCUT2D eigenvalue weighted by molar-refractivity contribution is -0.137. The van der Waals surface area contributed by atoms with Crippen molar-refractivity contribution in [2.75, 3.05) is 0 Å². The molecule has 0 aliphatic carbocycles. The van der Waals surface area contributed by atoms with Gasteiger partial charge < -0.3 is 5.11 Å². The number of aliphatic hydroxyl groups is 1. The van der Waals surface area contributed by atoms with Gasteiger partial charge in [0.05, 0.1) is 17.4 Å². The number of allylic oxidation sites excluding steroid dienone is 1. The summed E-state index contributed by atoms with van der Waals surface area (Å²) in [6, 6.07) is 2.11. The Labute approximate surface area is 91.4 Å². The second-order valence-corrected chi connectivity index (χ2v) is 3.35. The predicted molar refractivity (Wildman–Crippen MR) is 53.6 cm³/mol. The molecule has 1 N–H and O–H groups in total. The van der Waals surface area contributed by atoms with Crippen molar-refractivity contribution in [1.82, 2.24) is 4.98 Å². The third-order valence-electron chi connectivity index (χ3n) is 2.10. The number of hydrogen-bond donors (Lipinski definition) is 1. The highest BCUT2D eigenvalue weighted by atomic mass is 19.4. The summed E-state index contributed by atoms with van der Waals surface area (Å²) in [5.74, 6) is 0. The SMILES string of the molecule is C=CCCC(O)c1ccc(C(F)(F)F)cn1. The van der Waals surface area contributed by atoms with Gasteiger partial charge in [-0.15, -0.1) is 6.58 Å². The van der Waals surface area contributed by atoms with Crippen molar-refractivity contribution in [2.24, 2.45) is 0 Å². The number of aromatic nitrogens is 1. The smallest absolute Gasteiger partial charge is 0.387 e. The first-order valence-corrected chi connectivity index (χ1v) is 4.77. The van der Waals surface area contributed by atoms with E-state index in [1.54, 1.807) is 6.08 Å². The first-order valence-electron chi connectivity index (χ1n) is 4.77. The summed E-state index contributed by atoms with van der Waals surface area (Å²) in [6.45, 7) is 3.49. The predicted octanol–water partition coefficient (Wildman–Crippen LogP) is 3.10. The van der Waals surface area contributed by atoms with Crippen molar-refractivity contribution >= 4 is 0 Å². The number of nitrogens with zero attached hydrogens (tertiary/aromatic N) is 1. The van der Waals surface area contributed by atoms with Gasteiger partial charge in [0.2, 0.25) is 0 Å². The second kappa shape index (κ2) is 5.12. The molecule has 1 aromatic rings. The Morgan fingerprint density at radius 3 is 2.56 bits per heavy atom. The Kier molecular flexibility index (Phi) is 4.06. The molecule has 0 spiro atoms. The van der Waals surface area contributed by atoms with Gasteiger partial charge in [-0.25, -0.2) is 0 Å². The average molecular weight is 231 g/mol. The minimum atomic E-state index is -4.39. The number of alkyl halides is 3. The third kappa shape index (κ3) is 3.34. The summed E-state index contributed by atoms with van der Waals surface area (Å²) in [6.07, 6.45) is -1.89. The molecule has 5 heteroatoms. The molecule has 0 fully saturated rings. The van der Waals surface area contributed by atoms with Crippen LogP contribution in [0, 0.1) is 0 Å². The van der Waals surface area contributed by atoms with E-state index in [-0.39, 0.29) is 5.69 Å². The van der Waals surface area contributed by atoms with Gasteiger partial charge in [-0.3, -0.25) is 4.98 Å². The molecule has 88 valence electrons. The first-order chi connectivity index (χ1) is 7.45. The van der Waals surface area contributed by atoms with Crippen molar-refractivity contribution in [1.29, 1.82) is 0 Å². The van der Waals surface area contributed by atoms with Crippen LogP contribution in [0.15, 0.2) is 31.0 Å². The zero-order chi connectivity index (χ0) is 12.2. The molecule has 0 saturated carbocycles. The van der Waals surface area contributed by atoms with Gasteiger partial charge in [0.25, 0.3) is 0 Å². The molecule has 1 heterocycles. The maximum atomic E-state index is 12.2. The molecule has 2 nitrogen and oxygen atoms in total. The molecule has 1 aromatic heterocycles. The summed E-state index contributed by atoms with van der Waals surface area (Å²) in [5, 5.41) is 9.55. The standard InChI is InChI=1S/C11H12F3NO/c1-2-3-4-10(16)9-6-5-8(7-15-9)11(12,13)14/h2,5-7,10,16H,1,3-4H2. The molecular formula is C11H12F3NO. The van der Waals surface area contributed by atoms with Crippen LogP contribution in [0.5, 0.6) is 0 Å². The average Bonchev–Trinajstić information content (AvgIpc) is 2.25. The highest BCUT2D eigenvalue weighted by Crippen LogP contribution is 2.29. The molecule has 1 atom stereocenters. The van der Waals surface area contributed by atoms with Gasteiger partial charge in [0, 0.05) is 6.20 Å². The van der Waals surface area contributed by atoms with E-state index in [1.165, 1.54) is 6.07 Å². The van der Waals surface area contributed by atoms with Gasteiger partial charge in [0.15, 0.2) is 0 Å². The van der Waals surface area contributed by atoms with E-state index >= 15 is 0 Å². The fraction of sp³-hybridized carbons (Fsp3) is 0.364. The minimum absolute atomic E-state index is 0.245. The molecule has 0 radical (unpaired) electrons. The van der Waals surface area contributed by atoms with Gasteiger partial charge in [-0.1, -0.05) is 6.08 Å². The fourth-order valence-corrected chi connectivity index (χ4v) is 1.19. The van der Waals surface area contributed by atoms with Crippen molar-refractivity contribution in [2.45, 2.75) is 25.1 Å². The molecule has 1 rings (SSSR count). The number of rotatable bonds is 4. The molecule has 16 heavy (non-hydrogen) atoms. The lowest BCUT2D eigenvalue weighted by Gasteiger charge is -2.10. The summed E-state index contributed by atoms with van der Waals surface area (Å²) < 4.78 is 36.6. The van der Waals surface area contributed by atoms with E-state index in [4.69, 9.17) is 0 Å². The van der Waals surface area contributed by atoms with Crippen LogP contribution in [0.2, 0.25) is 0 Å². The highest BCUT2D eigenvalue weighted by molar-refractivity contribution is 5.18. The van der Waals surface area contributed by atoms with Crippen LogP contribution in [0.3, 0.4) is 0 Å².